The van der Waals surface area contributed by atoms with Gasteiger partial charge in [0.15, 0.2) is 0 Å². The Kier molecular flexibility index (Phi) is 5.86. The Bertz CT molecular complexity index is 609. The van der Waals surface area contributed by atoms with E-state index in [2.05, 4.69) is 6.92 Å². The number of carbonyl (C=O) groups is 2. The first-order valence-corrected chi connectivity index (χ1v) is 8.57. The van der Waals surface area contributed by atoms with Gasteiger partial charge in [-0.3, -0.25) is 9.69 Å². The molecule has 0 aromatic heterocycles. The Hall–Kier alpha value is -2.04. The van der Waals surface area contributed by atoms with Crippen molar-refractivity contribution in [1.29, 1.82) is 0 Å². The second-order valence-corrected chi connectivity index (χ2v) is 6.47. The van der Waals surface area contributed by atoms with E-state index in [0.29, 0.717) is 0 Å². The summed E-state index contributed by atoms with van der Waals surface area (Å²) >= 11 is 0. The van der Waals surface area contributed by atoms with Gasteiger partial charge in [0, 0.05) is 11.6 Å². The van der Waals surface area contributed by atoms with Crippen LogP contribution >= 0.6 is 0 Å². The van der Waals surface area contributed by atoms with E-state index in [1.54, 1.807) is 11.8 Å². The van der Waals surface area contributed by atoms with Crippen molar-refractivity contribution in [2.75, 3.05) is 12.0 Å². The third-order valence-electron chi connectivity index (χ3n) is 4.43. The second kappa shape index (κ2) is 7.69. The fourth-order valence-electron chi connectivity index (χ4n) is 2.61. The van der Waals surface area contributed by atoms with Crippen LogP contribution in [0.2, 0.25) is 0 Å². The summed E-state index contributed by atoms with van der Waals surface area (Å²) in [5.74, 6) is 0.373. The van der Waals surface area contributed by atoms with Crippen LogP contribution in [0.3, 0.4) is 0 Å². The van der Waals surface area contributed by atoms with Crippen LogP contribution in [-0.2, 0) is 14.3 Å². The molecule has 0 saturated heterocycles. The topological polar surface area (TPSA) is 55.8 Å². The van der Waals surface area contributed by atoms with E-state index in [9.17, 15) is 9.59 Å². The fourth-order valence-corrected chi connectivity index (χ4v) is 2.61. The van der Waals surface area contributed by atoms with Gasteiger partial charge >= 0.3 is 5.97 Å². The highest BCUT2D eigenvalue weighted by Crippen LogP contribution is 2.35. The van der Waals surface area contributed by atoms with Gasteiger partial charge in [-0.2, -0.15) is 0 Å². The lowest BCUT2D eigenvalue weighted by atomic mass is 10.1. The van der Waals surface area contributed by atoms with Crippen LogP contribution in [0.4, 0.5) is 5.69 Å². The molecule has 2 atom stereocenters. The standard InChI is InChI=1S/C19H27NO4/c1-6-13(3)24-16-9-10-17(12(2)11-16)20(14(4)19(22)23-5)18(21)15-7-8-15/h9-11,13-15H,6-8H2,1-5H3. The maximum atomic E-state index is 12.7. The van der Waals surface area contributed by atoms with Crippen LogP contribution in [-0.4, -0.2) is 31.1 Å². The van der Waals surface area contributed by atoms with E-state index in [1.165, 1.54) is 7.11 Å². The normalized spacial score (nSPS) is 16.2. The largest absolute Gasteiger partial charge is 0.491 e. The number of ether oxygens (including phenoxy) is 2. The molecule has 0 bridgehead atoms. The monoisotopic (exact) mass is 333 g/mol. The Labute approximate surface area is 143 Å². The minimum absolute atomic E-state index is 0.00778. The fraction of sp³-hybridized carbons (Fsp3) is 0.579. The predicted molar refractivity (Wildman–Crippen MR) is 93.2 cm³/mol. The van der Waals surface area contributed by atoms with Crippen molar-refractivity contribution in [1.82, 2.24) is 0 Å². The van der Waals surface area contributed by atoms with Crippen molar-refractivity contribution in [3.8, 4) is 5.75 Å². The average Bonchev–Trinajstić information content (AvgIpc) is 3.40. The molecule has 1 fully saturated rings. The van der Waals surface area contributed by atoms with Crippen molar-refractivity contribution in [3.05, 3.63) is 23.8 Å². The summed E-state index contributed by atoms with van der Waals surface area (Å²) in [5, 5.41) is 0. The summed E-state index contributed by atoms with van der Waals surface area (Å²) in [4.78, 5) is 26.3. The number of rotatable bonds is 7. The van der Waals surface area contributed by atoms with Crippen molar-refractivity contribution >= 4 is 17.6 Å². The molecular formula is C19H27NO4. The number of carbonyl (C=O) groups excluding carboxylic acids is 2. The highest BCUT2D eigenvalue weighted by molar-refractivity contribution is 6.02. The average molecular weight is 333 g/mol. The predicted octanol–water partition coefficient (Wildman–Crippen LogP) is 3.48. The molecule has 1 amide bonds. The number of anilines is 1. The molecule has 0 radical (unpaired) electrons. The minimum Gasteiger partial charge on any atom is -0.491 e. The van der Waals surface area contributed by atoms with Crippen LogP contribution in [0.25, 0.3) is 0 Å². The zero-order valence-corrected chi connectivity index (χ0v) is 15.2. The smallest absolute Gasteiger partial charge is 0.328 e. The zero-order valence-electron chi connectivity index (χ0n) is 15.2. The van der Waals surface area contributed by atoms with Gasteiger partial charge in [0.1, 0.15) is 11.8 Å². The van der Waals surface area contributed by atoms with Gasteiger partial charge in [-0.25, -0.2) is 4.79 Å². The number of nitrogens with zero attached hydrogens (tertiary/aromatic N) is 1. The van der Waals surface area contributed by atoms with Crippen molar-refractivity contribution in [3.63, 3.8) is 0 Å². The number of hydrogen-bond donors (Lipinski definition) is 0. The van der Waals surface area contributed by atoms with Gasteiger partial charge in [0.25, 0.3) is 0 Å². The van der Waals surface area contributed by atoms with Crippen LogP contribution in [0, 0.1) is 12.8 Å². The SMILES string of the molecule is CCC(C)Oc1ccc(N(C(=O)C2CC2)C(C)C(=O)OC)c(C)c1. The number of hydrogen-bond acceptors (Lipinski definition) is 4. The number of amides is 1. The lowest BCUT2D eigenvalue weighted by Gasteiger charge is -2.29. The summed E-state index contributed by atoms with van der Waals surface area (Å²) in [7, 11) is 1.34. The Balaban J connectivity index is 2.31. The maximum absolute atomic E-state index is 12.7. The number of benzene rings is 1. The first-order chi connectivity index (χ1) is 11.4. The van der Waals surface area contributed by atoms with E-state index in [-0.39, 0.29) is 17.9 Å². The van der Waals surface area contributed by atoms with Crippen molar-refractivity contribution < 1.29 is 19.1 Å². The maximum Gasteiger partial charge on any atom is 0.328 e. The molecule has 0 aliphatic heterocycles. The zero-order chi connectivity index (χ0) is 17.9. The van der Waals surface area contributed by atoms with Crippen molar-refractivity contribution in [2.45, 2.75) is 59.1 Å². The molecule has 1 aliphatic rings. The van der Waals surface area contributed by atoms with E-state index in [1.807, 2.05) is 32.0 Å². The first kappa shape index (κ1) is 18.3. The summed E-state index contributed by atoms with van der Waals surface area (Å²) in [6, 6.07) is 4.97. The Morgan fingerprint density at radius 3 is 2.46 bits per heavy atom. The van der Waals surface area contributed by atoms with Crippen LogP contribution in [0.1, 0.15) is 45.6 Å². The molecule has 1 aromatic rings. The molecule has 5 heteroatoms. The third-order valence-corrected chi connectivity index (χ3v) is 4.43. The summed E-state index contributed by atoms with van der Waals surface area (Å²) in [6.45, 7) is 7.72. The van der Waals surface area contributed by atoms with E-state index in [4.69, 9.17) is 9.47 Å². The van der Waals surface area contributed by atoms with E-state index in [0.717, 1.165) is 36.3 Å². The molecule has 1 aliphatic carbocycles. The minimum atomic E-state index is -0.650. The highest BCUT2D eigenvalue weighted by atomic mass is 16.5. The molecule has 0 N–H and O–H groups in total. The molecule has 0 spiro atoms. The number of esters is 1. The third kappa shape index (κ3) is 4.08. The first-order valence-electron chi connectivity index (χ1n) is 8.57. The van der Waals surface area contributed by atoms with Gasteiger partial charge in [0.2, 0.25) is 5.91 Å². The molecule has 1 saturated carbocycles. The number of aryl methyl sites for hydroxylation is 1. The van der Waals surface area contributed by atoms with Crippen LogP contribution in [0.5, 0.6) is 5.75 Å². The molecular weight excluding hydrogens is 306 g/mol. The molecule has 0 heterocycles. The van der Waals surface area contributed by atoms with E-state index < -0.39 is 12.0 Å². The van der Waals surface area contributed by atoms with E-state index >= 15 is 0 Å². The van der Waals surface area contributed by atoms with Crippen LogP contribution in [0.15, 0.2) is 18.2 Å². The van der Waals surface area contributed by atoms with Crippen molar-refractivity contribution in [2.24, 2.45) is 5.92 Å². The Morgan fingerprint density at radius 1 is 1.29 bits per heavy atom. The summed E-state index contributed by atoms with van der Waals surface area (Å²) in [5.41, 5.74) is 1.64. The molecule has 24 heavy (non-hydrogen) atoms. The van der Waals surface area contributed by atoms with Gasteiger partial charge in [-0.05, 0) is 63.8 Å². The van der Waals surface area contributed by atoms with Gasteiger partial charge in [0.05, 0.1) is 13.2 Å². The number of methoxy groups -OCH3 is 1. The quantitative estimate of drug-likeness (QED) is 0.717. The van der Waals surface area contributed by atoms with Gasteiger partial charge in [-0.1, -0.05) is 6.92 Å². The second-order valence-electron chi connectivity index (χ2n) is 6.47. The lowest BCUT2D eigenvalue weighted by Crippen LogP contribution is -2.45. The van der Waals surface area contributed by atoms with Gasteiger partial charge in [-0.15, -0.1) is 0 Å². The molecule has 132 valence electrons. The molecule has 2 unspecified atom stereocenters. The highest BCUT2D eigenvalue weighted by Gasteiger charge is 2.38. The molecule has 1 aromatic carbocycles. The molecule has 5 nitrogen and oxygen atoms in total. The Morgan fingerprint density at radius 2 is 1.96 bits per heavy atom. The van der Waals surface area contributed by atoms with Gasteiger partial charge < -0.3 is 9.47 Å². The van der Waals surface area contributed by atoms with Crippen LogP contribution < -0.4 is 9.64 Å². The summed E-state index contributed by atoms with van der Waals surface area (Å²) < 4.78 is 10.7. The lowest BCUT2D eigenvalue weighted by molar-refractivity contribution is -0.143. The summed E-state index contributed by atoms with van der Waals surface area (Å²) in [6.07, 6.45) is 2.83. The molecule has 2 rings (SSSR count).